The van der Waals surface area contributed by atoms with Gasteiger partial charge in [0.25, 0.3) is 10.4 Å². The van der Waals surface area contributed by atoms with Gasteiger partial charge in [0.05, 0.1) is 5.69 Å². The molecular weight excluding hydrogens is 274 g/mol. The van der Waals surface area contributed by atoms with Gasteiger partial charge in [0.1, 0.15) is 5.56 Å². The van der Waals surface area contributed by atoms with Crippen molar-refractivity contribution in [1.29, 1.82) is 5.41 Å². The van der Waals surface area contributed by atoms with Crippen LogP contribution in [0.5, 0.6) is 0 Å². The van der Waals surface area contributed by atoms with Gasteiger partial charge in [0, 0.05) is 18.1 Å². The zero-order valence-electron chi connectivity index (χ0n) is 11.1. The summed E-state index contributed by atoms with van der Waals surface area (Å²) >= 11 is 1.17. The highest BCUT2D eigenvalue weighted by Gasteiger charge is 2.19. The van der Waals surface area contributed by atoms with Gasteiger partial charge >= 0.3 is 0 Å². The SMILES string of the molecule is Cc1c(-c2csc(=N)o2)c(=O)n(-c2ccccc2)n1C. The molecule has 1 N–H and O–H groups in total. The van der Waals surface area contributed by atoms with Gasteiger partial charge in [-0.2, -0.15) is 0 Å². The number of hydrogen-bond donors (Lipinski definition) is 1. The van der Waals surface area contributed by atoms with E-state index in [9.17, 15) is 4.79 Å². The van der Waals surface area contributed by atoms with Crippen molar-refractivity contribution in [3.05, 3.63) is 56.6 Å². The summed E-state index contributed by atoms with van der Waals surface area (Å²) in [6, 6.07) is 9.45. The maximum absolute atomic E-state index is 12.6. The molecule has 0 bridgehead atoms. The Balaban J connectivity index is 2.30. The molecule has 6 heteroatoms. The molecular formula is C14H13N3O2S. The first-order chi connectivity index (χ1) is 9.59. The molecule has 0 fully saturated rings. The Morgan fingerprint density at radius 3 is 2.55 bits per heavy atom. The fraction of sp³-hybridized carbons (Fsp3) is 0.143. The van der Waals surface area contributed by atoms with Crippen LogP contribution in [0, 0.1) is 12.3 Å². The molecule has 0 saturated carbocycles. The average Bonchev–Trinajstić information content (AvgIpc) is 2.94. The van der Waals surface area contributed by atoms with Crippen LogP contribution in [-0.2, 0) is 7.05 Å². The van der Waals surface area contributed by atoms with E-state index in [-0.39, 0.29) is 10.4 Å². The van der Waals surface area contributed by atoms with Gasteiger partial charge < -0.3 is 4.42 Å². The summed E-state index contributed by atoms with van der Waals surface area (Å²) in [6.07, 6.45) is 0. The lowest BCUT2D eigenvalue weighted by Crippen LogP contribution is -2.20. The Morgan fingerprint density at radius 1 is 1.25 bits per heavy atom. The average molecular weight is 287 g/mol. The smallest absolute Gasteiger partial charge is 0.282 e. The van der Waals surface area contributed by atoms with Gasteiger partial charge in [-0.3, -0.25) is 14.9 Å². The Labute approximate surface area is 118 Å². The Bertz CT molecular complexity index is 868. The van der Waals surface area contributed by atoms with E-state index in [1.54, 1.807) is 14.7 Å². The van der Waals surface area contributed by atoms with E-state index in [4.69, 9.17) is 9.83 Å². The van der Waals surface area contributed by atoms with Gasteiger partial charge in [-0.05, 0) is 19.1 Å². The standard InChI is InChI=1S/C14H13N3O2S/c1-9-12(11-8-20-14(15)19-11)13(18)17(16(9)2)10-6-4-3-5-7-10/h3-8,15H,1-2H3. The summed E-state index contributed by atoms with van der Waals surface area (Å²) in [5, 5.41) is 9.16. The molecule has 2 aromatic heterocycles. The summed E-state index contributed by atoms with van der Waals surface area (Å²) < 4.78 is 8.69. The predicted octanol–water partition coefficient (Wildman–Crippen LogP) is 2.29. The highest BCUT2D eigenvalue weighted by molar-refractivity contribution is 7.07. The molecule has 0 aliphatic carbocycles. The highest BCUT2D eigenvalue weighted by Crippen LogP contribution is 2.21. The van der Waals surface area contributed by atoms with Crippen molar-refractivity contribution in [2.45, 2.75) is 6.92 Å². The van der Waals surface area contributed by atoms with Crippen molar-refractivity contribution in [3.8, 4) is 17.0 Å². The molecule has 0 aliphatic heterocycles. The van der Waals surface area contributed by atoms with Crippen molar-refractivity contribution in [2.24, 2.45) is 7.05 Å². The van der Waals surface area contributed by atoms with Gasteiger partial charge in [-0.25, -0.2) is 4.68 Å². The molecule has 1 aromatic carbocycles. The fourth-order valence-electron chi connectivity index (χ4n) is 2.22. The zero-order valence-corrected chi connectivity index (χ0v) is 11.9. The summed E-state index contributed by atoms with van der Waals surface area (Å²) in [5.74, 6) is 0.452. The van der Waals surface area contributed by atoms with E-state index in [1.807, 2.05) is 44.3 Å². The van der Waals surface area contributed by atoms with E-state index < -0.39 is 0 Å². The van der Waals surface area contributed by atoms with Crippen molar-refractivity contribution >= 4 is 11.3 Å². The summed E-state index contributed by atoms with van der Waals surface area (Å²) in [4.78, 5) is 12.7. The molecule has 0 unspecified atom stereocenters. The molecule has 20 heavy (non-hydrogen) atoms. The fourth-order valence-corrected chi connectivity index (χ4v) is 2.73. The van der Waals surface area contributed by atoms with Crippen LogP contribution in [0.3, 0.4) is 0 Å². The molecule has 0 amide bonds. The first-order valence-corrected chi connectivity index (χ1v) is 6.95. The Morgan fingerprint density at radius 2 is 1.95 bits per heavy atom. The largest absolute Gasteiger partial charge is 0.430 e. The van der Waals surface area contributed by atoms with Crippen molar-refractivity contribution in [1.82, 2.24) is 9.36 Å². The van der Waals surface area contributed by atoms with Crippen LogP contribution in [0.2, 0.25) is 0 Å². The molecule has 3 rings (SSSR count). The predicted molar refractivity (Wildman–Crippen MR) is 77.2 cm³/mol. The third kappa shape index (κ3) is 1.85. The lowest BCUT2D eigenvalue weighted by atomic mass is 10.2. The maximum atomic E-state index is 12.6. The van der Waals surface area contributed by atoms with Gasteiger partial charge in [-0.1, -0.05) is 29.5 Å². The highest BCUT2D eigenvalue weighted by atomic mass is 32.1. The molecule has 0 radical (unpaired) electrons. The zero-order chi connectivity index (χ0) is 14.3. The third-order valence-corrected chi connectivity index (χ3v) is 3.91. The number of hydrogen-bond acceptors (Lipinski definition) is 4. The quantitative estimate of drug-likeness (QED) is 0.786. The first kappa shape index (κ1) is 12.7. The van der Waals surface area contributed by atoms with E-state index in [0.29, 0.717) is 11.3 Å². The van der Waals surface area contributed by atoms with Crippen molar-refractivity contribution in [2.75, 3.05) is 0 Å². The topological polar surface area (TPSA) is 63.9 Å². The first-order valence-electron chi connectivity index (χ1n) is 6.07. The van der Waals surface area contributed by atoms with E-state index in [1.165, 1.54) is 11.3 Å². The Hall–Kier alpha value is -2.34. The lowest BCUT2D eigenvalue weighted by molar-refractivity contribution is 0.528. The number of nitrogens with zero attached hydrogens (tertiary/aromatic N) is 2. The second-order valence-electron chi connectivity index (χ2n) is 4.43. The summed E-state index contributed by atoms with van der Waals surface area (Å²) in [7, 11) is 1.83. The Kier molecular flexibility index (Phi) is 2.94. The van der Waals surface area contributed by atoms with Gasteiger partial charge in [0.15, 0.2) is 5.76 Å². The summed E-state index contributed by atoms with van der Waals surface area (Å²) in [5.41, 5.74) is 1.97. The lowest BCUT2D eigenvalue weighted by Gasteiger charge is -2.07. The van der Waals surface area contributed by atoms with E-state index >= 15 is 0 Å². The monoisotopic (exact) mass is 287 g/mol. The van der Waals surface area contributed by atoms with Crippen LogP contribution >= 0.6 is 11.3 Å². The second kappa shape index (κ2) is 4.64. The van der Waals surface area contributed by atoms with Crippen LogP contribution < -0.4 is 10.4 Å². The van der Waals surface area contributed by atoms with Crippen LogP contribution in [0.15, 0.2) is 44.9 Å². The number of aromatic nitrogens is 2. The minimum Gasteiger partial charge on any atom is -0.430 e. The minimum absolute atomic E-state index is 0.0916. The number of rotatable bonds is 2. The number of nitrogens with one attached hydrogen (secondary N) is 1. The molecule has 0 saturated heterocycles. The molecule has 5 nitrogen and oxygen atoms in total. The molecule has 0 aliphatic rings. The number of benzene rings is 1. The second-order valence-corrected chi connectivity index (χ2v) is 5.27. The normalized spacial score (nSPS) is 10.9. The molecule has 102 valence electrons. The van der Waals surface area contributed by atoms with Gasteiger partial charge in [0.2, 0.25) is 0 Å². The third-order valence-electron chi connectivity index (χ3n) is 3.28. The maximum Gasteiger partial charge on any atom is 0.282 e. The molecule has 2 heterocycles. The molecule has 0 atom stereocenters. The molecule has 0 spiro atoms. The molecule has 3 aromatic rings. The van der Waals surface area contributed by atoms with Crippen LogP contribution in [0.4, 0.5) is 0 Å². The van der Waals surface area contributed by atoms with Gasteiger partial charge in [-0.15, -0.1) is 0 Å². The number of para-hydroxylation sites is 1. The summed E-state index contributed by atoms with van der Waals surface area (Å²) in [6.45, 7) is 1.87. The van der Waals surface area contributed by atoms with Crippen molar-refractivity contribution < 1.29 is 4.42 Å². The van der Waals surface area contributed by atoms with E-state index in [2.05, 4.69) is 0 Å². The van der Waals surface area contributed by atoms with Crippen molar-refractivity contribution in [3.63, 3.8) is 0 Å². The minimum atomic E-state index is -0.141. The van der Waals surface area contributed by atoms with Crippen LogP contribution in [0.25, 0.3) is 17.0 Å². The van der Waals surface area contributed by atoms with Crippen LogP contribution in [-0.4, -0.2) is 9.36 Å². The van der Waals surface area contributed by atoms with Crippen LogP contribution in [0.1, 0.15) is 5.69 Å². The van der Waals surface area contributed by atoms with E-state index in [0.717, 1.165) is 11.4 Å².